The number of rotatable bonds is 12. The first-order valence-corrected chi connectivity index (χ1v) is 8.20. The average molecular weight is 300 g/mol. The lowest BCUT2D eigenvalue weighted by atomic mass is 10.1. The normalized spacial score (nSPS) is 12.2. The van der Waals surface area contributed by atoms with E-state index in [4.69, 9.17) is 4.74 Å². The molecule has 0 aliphatic rings. The van der Waals surface area contributed by atoms with Gasteiger partial charge in [-0.25, -0.2) is 0 Å². The van der Waals surface area contributed by atoms with E-state index in [-0.39, 0.29) is 31.0 Å². The van der Waals surface area contributed by atoms with Crippen LogP contribution in [0.5, 0.6) is 0 Å². The van der Waals surface area contributed by atoms with Crippen LogP contribution in [0.4, 0.5) is 0 Å². The van der Waals surface area contributed by atoms with Crippen LogP contribution >= 0.6 is 0 Å². The lowest BCUT2D eigenvalue weighted by Gasteiger charge is -2.21. The highest BCUT2D eigenvalue weighted by Crippen LogP contribution is 2.03. The van der Waals surface area contributed by atoms with Crippen molar-refractivity contribution < 1.29 is 14.3 Å². The second-order valence-corrected chi connectivity index (χ2v) is 5.48. The van der Waals surface area contributed by atoms with Crippen molar-refractivity contribution in [3.05, 3.63) is 0 Å². The van der Waals surface area contributed by atoms with Crippen LogP contribution in [-0.4, -0.2) is 49.1 Å². The number of nitrogens with zero attached hydrogens (tertiary/aromatic N) is 1. The maximum atomic E-state index is 12.0. The lowest BCUT2D eigenvalue weighted by molar-refractivity contribution is -0.144. The first-order valence-electron chi connectivity index (χ1n) is 8.20. The highest BCUT2D eigenvalue weighted by atomic mass is 16.5. The first kappa shape index (κ1) is 19.9. The van der Waals surface area contributed by atoms with Crippen molar-refractivity contribution in [2.45, 2.75) is 65.8 Å². The molecule has 1 atom stereocenters. The maximum Gasteiger partial charge on any atom is 0.320 e. The monoisotopic (exact) mass is 300 g/mol. The molecule has 1 unspecified atom stereocenters. The molecule has 0 bridgehead atoms. The fourth-order valence-electron chi connectivity index (χ4n) is 2.22. The van der Waals surface area contributed by atoms with Crippen LogP contribution in [-0.2, 0) is 14.3 Å². The van der Waals surface area contributed by atoms with E-state index in [0.717, 1.165) is 25.8 Å². The van der Waals surface area contributed by atoms with Crippen molar-refractivity contribution in [1.29, 1.82) is 0 Å². The Labute approximate surface area is 129 Å². The maximum absolute atomic E-state index is 12.0. The molecular formula is C16H32N2O3. The number of esters is 1. The van der Waals surface area contributed by atoms with Crippen LogP contribution in [0.1, 0.15) is 59.8 Å². The number of amides is 1. The van der Waals surface area contributed by atoms with E-state index in [1.165, 1.54) is 12.8 Å². The van der Waals surface area contributed by atoms with Crippen LogP contribution in [0.25, 0.3) is 0 Å². The van der Waals surface area contributed by atoms with Gasteiger partial charge < -0.3 is 10.1 Å². The molecule has 1 N–H and O–H groups in total. The van der Waals surface area contributed by atoms with Gasteiger partial charge in [0.1, 0.15) is 0 Å². The topological polar surface area (TPSA) is 58.6 Å². The molecule has 0 radical (unpaired) electrons. The number of hydrogen-bond donors (Lipinski definition) is 1. The highest BCUT2D eigenvalue weighted by molar-refractivity contribution is 5.79. The molecule has 1 amide bonds. The van der Waals surface area contributed by atoms with Crippen molar-refractivity contribution in [2.24, 2.45) is 0 Å². The molecule has 0 heterocycles. The first-order chi connectivity index (χ1) is 10.0. The molecule has 124 valence electrons. The molecule has 0 aromatic heterocycles. The minimum Gasteiger partial charge on any atom is -0.465 e. The minimum atomic E-state index is -0.269. The Bertz CT molecular complexity index is 295. The summed E-state index contributed by atoms with van der Waals surface area (Å²) in [5.41, 5.74) is 0. The standard InChI is InChI=1S/C16H32N2O3/c1-5-8-9-10-14(4)17-15(19)12-18(11-6-2)13-16(20)21-7-3/h14H,5-13H2,1-4H3,(H,17,19). The number of hydrogen-bond acceptors (Lipinski definition) is 4. The van der Waals surface area contributed by atoms with Gasteiger partial charge in [0, 0.05) is 6.04 Å². The molecule has 5 heteroatoms. The van der Waals surface area contributed by atoms with Crippen molar-refractivity contribution >= 4 is 11.9 Å². The molecule has 0 rings (SSSR count). The third kappa shape index (κ3) is 11.3. The summed E-state index contributed by atoms with van der Waals surface area (Å²) in [6.07, 6.45) is 5.43. The molecule has 0 saturated carbocycles. The number of nitrogens with one attached hydrogen (secondary N) is 1. The number of carbonyl (C=O) groups is 2. The van der Waals surface area contributed by atoms with E-state index in [1.807, 2.05) is 18.7 Å². The van der Waals surface area contributed by atoms with Gasteiger partial charge in [0.15, 0.2) is 0 Å². The quantitative estimate of drug-likeness (QED) is 0.444. The van der Waals surface area contributed by atoms with Crippen LogP contribution in [0.2, 0.25) is 0 Å². The Balaban J connectivity index is 4.12. The highest BCUT2D eigenvalue weighted by Gasteiger charge is 2.15. The van der Waals surface area contributed by atoms with E-state index in [2.05, 4.69) is 12.2 Å². The number of unbranched alkanes of at least 4 members (excludes halogenated alkanes) is 2. The summed E-state index contributed by atoms with van der Waals surface area (Å²) in [5.74, 6) is -0.286. The summed E-state index contributed by atoms with van der Waals surface area (Å²) in [4.78, 5) is 25.4. The largest absolute Gasteiger partial charge is 0.465 e. The summed E-state index contributed by atoms with van der Waals surface area (Å²) in [7, 11) is 0. The minimum absolute atomic E-state index is 0.0169. The molecule has 0 spiro atoms. The summed E-state index contributed by atoms with van der Waals surface area (Å²) < 4.78 is 4.93. The molecule has 0 fully saturated rings. The third-order valence-electron chi connectivity index (χ3n) is 3.21. The molecule has 0 aromatic carbocycles. The van der Waals surface area contributed by atoms with Gasteiger partial charge in [-0.1, -0.05) is 33.1 Å². The van der Waals surface area contributed by atoms with Crippen molar-refractivity contribution in [2.75, 3.05) is 26.2 Å². The van der Waals surface area contributed by atoms with E-state index in [9.17, 15) is 9.59 Å². The Morgan fingerprint density at radius 2 is 1.81 bits per heavy atom. The predicted octanol–water partition coefficient (Wildman–Crippen LogP) is 2.35. The van der Waals surface area contributed by atoms with Crippen molar-refractivity contribution in [1.82, 2.24) is 10.2 Å². The van der Waals surface area contributed by atoms with Gasteiger partial charge in [0.2, 0.25) is 5.91 Å². The van der Waals surface area contributed by atoms with Gasteiger partial charge in [-0.05, 0) is 33.2 Å². The van der Waals surface area contributed by atoms with Gasteiger partial charge in [-0.15, -0.1) is 0 Å². The van der Waals surface area contributed by atoms with Gasteiger partial charge >= 0.3 is 5.97 Å². The second-order valence-electron chi connectivity index (χ2n) is 5.48. The van der Waals surface area contributed by atoms with E-state index < -0.39 is 0 Å². The second kappa shape index (κ2) is 12.6. The smallest absolute Gasteiger partial charge is 0.320 e. The Hall–Kier alpha value is -1.10. The van der Waals surface area contributed by atoms with Crippen LogP contribution < -0.4 is 5.32 Å². The number of ether oxygens (including phenoxy) is 1. The number of carbonyl (C=O) groups excluding carboxylic acids is 2. The third-order valence-corrected chi connectivity index (χ3v) is 3.21. The fraction of sp³-hybridized carbons (Fsp3) is 0.875. The average Bonchev–Trinajstić information content (AvgIpc) is 2.39. The van der Waals surface area contributed by atoms with Crippen LogP contribution in [0.15, 0.2) is 0 Å². The summed E-state index contributed by atoms with van der Waals surface area (Å²) in [6.45, 7) is 9.54. The van der Waals surface area contributed by atoms with Gasteiger partial charge in [0.25, 0.3) is 0 Å². The molecule has 0 aliphatic heterocycles. The van der Waals surface area contributed by atoms with Crippen LogP contribution in [0.3, 0.4) is 0 Å². The molecule has 5 nitrogen and oxygen atoms in total. The lowest BCUT2D eigenvalue weighted by Crippen LogP contribution is -2.43. The van der Waals surface area contributed by atoms with Gasteiger partial charge in [-0.3, -0.25) is 14.5 Å². The van der Waals surface area contributed by atoms with Crippen LogP contribution in [0, 0.1) is 0 Å². The van der Waals surface area contributed by atoms with E-state index in [0.29, 0.717) is 6.61 Å². The SMILES string of the molecule is CCCCCC(C)NC(=O)CN(CCC)CC(=O)OCC. The van der Waals surface area contributed by atoms with E-state index in [1.54, 1.807) is 6.92 Å². The zero-order valence-electron chi connectivity index (χ0n) is 14.1. The Morgan fingerprint density at radius 1 is 1.10 bits per heavy atom. The zero-order chi connectivity index (χ0) is 16.1. The Kier molecular flexibility index (Phi) is 12.0. The predicted molar refractivity (Wildman–Crippen MR) is 85.1 cm³/mol. The van der Waals surface area contributed by atoms with Crippen molar-refractivity contribution in [3.8, 4) is 0 Å². The fourth-order valence-corrected chi connectivity index (χ4v) is 2.22. The summed E-state index contributed by atoms with van der Waals surface area (Å²) in [6, 6.07) is 0.190. The molecule has 0 saturated heterocycles. The zero-order valence-corrected chi connectivity index (χ0v) is 14.1. The summed E-state index contributed by atoms with van der Waals surface area (Å²) >= 11 is 0. The molecule has 21 heavy (non-hydrogen) atoms. The summed E-state index contributed by atoms with van der Waals surface area (Å²) in [5, 5.41) is 3.00. The Morgan fingerprint density at radius 3 is 2.38 bits per heavy atom. The van der Waals surface area contributed by atoms with Crippen molar-refractivity contribution in [3.63, 3.8) is 0 Å². The molecular weight excluding hydrogens is 268 g/mol. The molecule has 0 aliphatic carbocycles. The molecule has 0 aromatic rings. The van der Waals surface area contributed by atoms with Gasteiger partial charge in [-0.2, -0.15) is 0 Å². The van der Waals surface area contributed by atoms with Gasteiger partial charge in [0.05, 0.1) is 19.7 Å². The van der Waals surface area contributed by atoms with E-state index >= 15 is 0 Å².